The third-order valence-electron chi connectivity index (χ3n) is 4.57. The quantitative estimate of drug-likeness (QED) is 0.464. The second-order valence-corrected chi connectivity index (χ2v) is 7.30. The van der Waals surface area contributed by atoms with E-state index in [1.54, 1.807) is 29.6 Å². The fourth-order valence-electron chi connectivity index (χ4n) is 3.20. The lowest BCUT2D eigenvalue weighted by Gasteiger charge is -2.28. The SMILES string of the molecule is CSc1cc(-c2nc(C)no2)nc2c(N3CCOCC3)nc(-n3cccn3)nc12. The van der Waals surface area contributed by atoms with Gasteiger partial charge in [-0.2, -0.15) is 15.1 Å². The summed E-state index contributed by atoms with van der Waals surface area (Å²) < 4.78 is 12.5. The van der Waals surface area contributed by atoms with Crippen LogP contribution in [0.2, 0.25) is 0 Å². The second-order valence-electron chi connectivity index (χ2n) is 6.45. The zero-order chi connectivity index (χ0) is 19.8. The topological polar surface area (TPSA) is 108 Å². The van der Waals surface area contributed by atoms with Crippen molar-refractivity contribution in [3.63, 3.8) is 0 Å². The Morgan fingerprint density at radius 1 is 1.07 bits per heavy atom. The Morgan fingerprint density at radius 2 is 1.93 bits per heavy atom. The minimum Gasteiger partial charge on any atom is -0.378 e. The lowest BCUT2D eigenvalue weighted by Crippen LogP contribution is -2.37. The smallest absolute Gasteiger partial charge is 0.276 e. The molecular weight excluding hydrogens is 392 g/mol. The largest absolute Gasteiger partial charge is 0.378 e. The van der Waals surface area contributed by atoms with Gasteiger partial charge in [0.2, 0.25) is 0 Å². The molecule has 0 amide bonds. The number of hydrogen-bond donors (Lipinski definition) is 0. The van der Waals surface area contributed by atoms with E-state index < -0.39 is 0 Å². The Balaban J connectivity index is 1.77. The minimum atomic E-state index is 0.379. The summed E-state index contributed by atoms with van der Waals surface area (Å²) in [5.74, 6) is 2.19. The van der Waals surface area contributed by atoms with Crippen LogP contribution < -0.4 is 4.90 Å². The first-order valence-corrected chi connectivity index (χ1v) is 10.4. The number of morpholine rings is 1. The van der Waals surface area contributed by atoms with Crippen molar-refractivity contribution in [2.75, 3.05) is 37.5 Å². The van der Waals surface area contributed by atoms with Gasteiger partial charge in [0.1, 0.15) is 16.7 Å². The summed E-state index contributed by atoms with van der Waals surface area (Å²) in [6.07, 6.45) is 5.53. The minimum absolute atomic E-state index is 0.379. The lowest BCUT2D eigenvalue weighted by atomic mass is 10.2. The van der Waals surface area contributed by atoms with Crippen molar-refractivity contribution in [3.05, 3.63) is 30.4 Å². The lowest BCUT2D eigenvalue weighted by molar-refractivity contribution is 0.122. The number of ether oxygens (including phenoxy) is 1. The number of thioether (sulfide) groups is 1. The molecule has 0 aliphatic carbocycles. The maximum atomic E-state index is 5.52. The van der Waals surface area contributed by atoms with Crippen molar-refractivity contribution in [3.8, 4) is 17.5 Å². The van der Waals surface area contributed by atoms with E-state index in [1.807, 2.05) is 24.6 Å². The summed E-state index contributed by atoms with van der Waals surface area (Å²) in [6, 6.07) is 3.76. The average Bonchev–Trinajstić information content (AvgIpc) is 3.45. The van der Waals surface area contributed by atoms with Gasteiger partial charge in [0.05, 0.1) is 13.2 Å². The molecule has 1 fully saturated rings. The van der Waals surface area contributed by atoms with E-state index in [4.69, 9.17) is 24.2 Å². The van der Waals surface area contributed by atoms with Gasteiger partial charge in [-0.25, -0.2) is 14.6 Å². The molecule has 148 valence electrons. The number of pyridine rings is 1. The Hall–Kier alpha value is -3.05. The number of hydrogen-bond acceptors (Lipinski definition) is 10. The Labute approximate surface area is 170 Å². The summed E-state index contributed by atoms with van der Waals surface area (Å²) >= 11 is 1.58. The second kappa shape index (κ2) is 7.41. The number of nitrogens with zero attached hydrogens (tertiary/aromatic N) is 8. The Bertz CT molecular complexity index is 1150. The van der Waals surface area contributed by atoms with Crippen molar-refractivity contribution < 1.29 is 9.26 Å². The molecule has 1 saturated heterocycles. The van der Waals surface area contributed by atoms with Gasteiger partial charge in [-0.05, 0) is 25.3 Å². The number of fused-ring (bicyclic) bond motifs is 1. The first-order valence-electron chi connectivity index (χ1n) is 9.13. The van der Waals surface area contributed by atoms with E-state index in [1.165, 1.54) is 0 Å². The molecular formula is C18H18N8O2S. The van der Waals surface area contributed by atoms with Gasteiger partial charge in [-0.3, -0.25) is 0 Å². The fourth-order valence-corrected chi connectivity index (χ4v) is 3.77. The van der Waals surface area contributed by atoms with Gasteiger partial charge < -0.3 is 14.2 Å². The normalized spacial score (nSPS) is 14.6. The van der Waals surface area contributed by atoms with Crippen LogP contribution in [0, 0.1) is 6.92 Å². The number of aryl methyl sites for hydroxylation is 1. The van der Waals surface area contributed by atoms with E-state index in [0.29, 0.717) is 42.1 Å². The highest BCUT2D eigenvalue weighted by Gasteiger charge is 2.23. The predicted octanol–water partition coefficient (Wildman–Crippen LogP) is 2.13. The van der Waals surface area contributed by atoms with Crippen molar-refractivity contribution >= 4 is 28.6 Å². The number of aromatic nitrogens is 7. The predicted molar refractivity (Wildman–Crippen MR) is 107 cm³/mol. The molecule has 1 aliphatic rings. The van der Waals surface area contributed by atoms with Crippen LogP contribution in [0.15, 0.2) is 33.9 Å². The van der Waals surface area contributed by atoms with Crippen molar-refractivity contribution in [2.24, 2.45) is 0 Å². The highest BCUT2D eigenvalue weighted by Crippen LogP contribution is 2.33. The zero-order valence-corrected chi connectivity index (χ0v) is 16.8. The molecule has 5 rings (SSSR count). The van der Waals surface area contributed by atoms with E-state index >= 15 is 0 Å². The van der Waals surface area contributed by atoms with E-state index in [9.17, 15) is 0 Å². The maximum Gasteiger partial charge on any atom is 0.276 e. The van der Waals surface area contributed by atoms with Gasteiger partial charge in [0.15, 0.2) is 11.6 Å². The molecule has 29 heavy (non-hydrogen) atoms. The number of anilines is 1. The molecule has 0 saturated carbocycles. The summed E-state index contributed by atoms with van der Waals surface area (Å²) in [5.41, 5.74) is 2.06. The molecule has 0 unspecified atom stereocenters. The monoisotopic (exact) mass is 410 g/mol. The van der Waals surface area contributed by atoms with Crippen LogP contribution in [0.1, 0.15) is 5.82 Å². The molecule has 0 atom stereocenters. The van der Waals surface area contributed by atoms with Crippen LogP contribution in [0.4, 0.5) is 5.82 Å². The molecule has 0 bridgehead atoms. The highest BCUT2D eigenvalue weighted by atomic mass is 32.2. The van der Waals surface area contributed by atoms with E-state index in [-0.39, 0.29) is 0 Å². The Morgan fingerprint density at radius 3 is 2.62 bits per heavy atom. The van der Waals surface area contributed by atoms with Crippen LogP contribution in [0.5, 0.6) is 0 Å². The van der Waals surface area contributed by atoms with Crippen LogP contribution >= 0.6 is 11.8 Å². The van der Waals surface area contributed by atoms with Crippen LogP contribution in [0.25, 0.3) is 28.6 Å². The van der Waals surface area contributed by atoms with Gasteiger partial charge in [0.25, 0.3) is 11.8 Å². The third-order valence-corrected chi connectivity index (χ3v) is 5.32. The van der Waals surface area contributed by atoms with Crippen molar-refractivity contribution in [2.45, 2.75) is 11.8 Å². The summed E-state index contributed by atoms with van der Waals surface area (Å²) in [7, 11) is 0. The molecule has 5 heterocycles. The molecule has 11 heteroatoms. The van der Waals surface area contributed by atoms with Gasteiger partial charge in [-0.1, -0.05) is 5.16 Å². The molecule has 4 aromatic rings. The van der Waals surface area contributed by atoms with Gasteiger partial charge in [0, 0.05) is 30.4 Å². The fraction of sp³-hybridized carbons (Fsp3) is 0.333. The highest BCUT2D eigenvalue weighted by molar-refractivity contribution is 7.98. The third kappa shape index (κ3) is 3.32. The molecule has 0 spiro atoms. The molecule has 0 radical (unpaired) electrons. The van der Waals surface area contributed by atoms with Crippen LogP contribution in [-0.2, 0) is 4.74 Å². The van der Waals surface area contributed by atoms with Crippen LogP contribution in [-0.4, -0.2) is 67.4 Å². The van der Waals surface area contributed by atoms with Gasteiger partial charge >= 0.3 is 0 Å². The molecule has 0 N–H and O–H groups in total. The van der Waals surface area contributed by atoms with E-state index in [2.05, 4.69) is 20.1 Å². The van der Waals surface area contributed by atoms with Crippen molar-refractivity contribution in [1.82, 2.24) is 34.9 Å². The average molecular weight is 410 g/mol. The molecule has 4 aromatic heterocycles. The molecule has 10 nitrogen and oxygen atoms in total. The van der Waals surface area contributed by atoms with Crippen molar-refractivity contribution in [1.29, 1.82) is 0 Å². The van der Waals surface area contributed by atoms with Gasteiger partial charge in [-0.15, -0.1) is 11.8 Å². The zero-order valence-electron chi connectivity index (χ0n) is 15.9. The maximum absolute atomic E-state index is 5.52. The summed E-state index contributed by atoms with van der Waals surface area (Å²) in [5, 5.41) is 8.18. The summed E-state index contributed by atoms with van der Waals surface area (Å²) in [6.45, 7) is 4.51. The first kappa shape index (κ1) is 18.0. The van der Waals surface area contributed by atoms with Crippen LogP contribution in [0.3, 0.4) is 0 Å². The number of rotatable bonds is 4. The molecule has 0 aromatic carbocycles. The summed E-state index contributed by atoms with van der Waals surface area (Å²) in [4.78, 5) is 21.8. The Kier molecular flexibility index (Phi) is 4.60. The first-order chi connectivity index (χ1) is 14.2. The standard InChI is InChI=1S/C18H18N8O2S/c1-11-20-17(28-24-11)12-10-13(29-2)14-15(21-12)16(25-6-8-27-9-7-25)23-18(22-14)26-5-3-4-19-26/h3-5,10H,6-9H2,1-2H3. The van der Waals surface area contributed by atoms with E-state index in [0.717, 1.165) is 29.3 Å². The molecule has 1 aliphatic heterocycles.